The van der Waals surface area contributed by atoms with Crippen LogP contribution in [0.5, 0.6) is 0 Å². The number of nitrogens with one attached hydrogen (secondary N) is 1. The van der Waals surface area contributed by atoms with Crippen LogP contribution in [0.1, 0.15) is 12.5 Å². The van der Waals surface area contributed by atoms with E-state index >= 15 is 0 Å². The van der Waals surface area contributed by atoms with Crippen LogP contribution >= 0.6 is 12.2 Å². The highest BCUT2D eigenvalue weighted by molar-refractivity contribution is 7.81. The van der Waals surface area contributed by atoms with Gasteiger partial charge < -0.3 is 10.4 Å². The molecular formula is C12H8FN3OS. The van der Waals surface area contributed by atoms with Crippen LogP contribution in [0, 0.1) is 28.5 Å². The van der Waals surface area contributed by atoms with Crippen LogP contribution < -0.4 is 5.32 Å². The Balaban J connectivity index is 3.12. The van der Waals surface area contributed by atoms with E-state index in [2.05, 4.69) is 5.32 Å². The van der Waals surface area contributed by atoms with Crippen LogP contribution in [0.25, 0.3) is 0 Å². The molecule has 0 fully saturated rings. The molecule has 1 aromatic rings. The fraction of sp³-hybridized carbons (Fsp3) is 0.0833. The van der Waals surface area contributed by atoms with E-state index < -0.39 is 5.82 Å². The van der Waals surface area contributed by atoms with Gasteiger partial charge in [-0.05, 0) is 19.1 Å². The number of allylic oxidation sites excluding steroid dienone is 1. The minimum atomic E-state index is -0.687. The second-order valence-corrected chi connectivity index (χ2v) is 3.71. The molecule has 0 aliphatic rings. The zero-order chi connectivity index (χ0) is 13.7. The van der Waals surface area contributed by atoms with Gasteiger partial charge in [0.25, 0.3) is 0 Å². The van der Waals surface area contributed by atoms with Gasteiger partial charge in [-0.3, -0.25) is 0 Å². The van der Waals surface area contributed by atoms with Crippen molar-refractivity contribution >= 4 is 22.9 Å². The number of hydrogen-bond donors (Lipinski definition) is 2. The maximum absolute atomic E-state index is 13.3. The van der Waals surface area contributed by atoms with Crippen LogP contribution in [0.2, 0.25) is 0 Å². The highest BCUT2D eigenvalue weighted by atomic mass is 32.1. The summed E-state index contributed by atoms with van der Waals surface area (Å²) in [5, 5.41) is 29.4. The lowest BCUT2D eigenvalue weighted by atomic mass is 10.1. The van der Waals surface area contributed by atoms with Crippen LogP contribution in [0.4, 0.5) is 10.1 Å². The van der Waals surface area contributed by atoms with Crippen molar-refractivity contribution in [3.05, 3.63) is 40.9 Å². The van der Waals surface area contributed by atoms with Crippen molar-refractivity contribution in [2.24, 2.45) is 0 Å². The number of nitrogens with zero attached hydrogens (tertiary/aromatic N) is 2. The highest BCUT2D eigenvalue weighted by Gasteiger charge is 2.12. The minimum absolute atomic E-state index is 0.0698. The van der Waals surface area contributed by atoms with Gasteiger partial charge in [-0.25, -0.2) is 4.39 Å². The van der Waals surface area contributed by atoms with E-state index in [1.807, 2.05) is 0 Å². The van der Waals surface area contributed by atoms with Crippen LogP contribution in [0.15, 0.2) is 29.5 Å². The topological polar surface area (TPSA) is 79.8 Å². The summed E-state index contributed by atoms with van der Waals surface area (Å²) in [6, 6.07) is 7.42. The molecule has 0 bridgehead atoms. The van der Waals surface area contributed by atoms with E-state index in [0.29, 0.717) is 0 Å². The fourth-order valence-electron chi connectivity index (χ4n) is 1.22. The quantitative estimate of drug-likeness (QED) is 0.370. The molecule has 0 spiro atoms. The van der Waals surface area contributed by atoms with Gasteiger partial charge in [-0.2, -0.15) is 10.5 Å². The zero-order valence-electron chi connectivity index (χ0n) is 9.36. The number of hydrogen-bond acceptors (Lipinski definition) is 4. The molecule has 1 aromatic carbocycles. The lowest BCUT2D eigenvalue weighted by Crippen LogP contribution is -2.14. The van der Waals surface area contributed by atoms with Gasteiger partial charge in [0.15, 0.2) is 0 Å². The Bertz CT molecular complexity index is 607. The predicted molar refractivity (Wildman–Crippen MR) is 68.3 cm³/mol. The normalized spacial score (nSPS) is 10.9. The monoisotopic (exact) mass is 261 g/mol. The molecule has 1 rings (SSSR count). The van der Waals surface area contributed by atoms with Crippen molar-refractivity contribution in [3.8, 4) is 12.1 Å². The first-order valence-corrected chi connectivity index (χ1v) is 5.22. The molecule has 6 heteroatoms. The van der Waals surface area contributed by atoms with Crippen LogP contribution in [-0.2, 0) is 0 Å². The number of anilines is 1. The fourth-order valence-corrected chi connectivity index (χ4v) is 1.53. The van der Waals surface area contributed by atoms with E-state index in [4.69, 9.17) is 22.7 Å². The van der Waals surface area contributed by atoms with Gasteiger partial charge in [0.1, 0.15) is 39.8 Å². The molecule has 0 unspecified atom stereocenters. The third kappa shape index (κ3) is 2.82. The number of aliphatic hydroxyl groups excluding tert-OH is 1. The SMILES string of the molecule is C/C(O)=C(\C#N)C(=S)Nc1cccc(F)c1C#N. The summed E-state index contributed by atoms with van der Waals surface area (Å²) in [6.45, 7) is 1.31. The van der Waals surface area contributed by atoms with Gasteiger partial charge >= 0.3 is 0 Å². The highest BCUT2D eigenvalue weighted by Crippen LogP contribution is 2.19. The number of aliphatic hydroxyl groups is 1. The summed E-state index contributed by atoms with van der Waals surface area (Å²) in [4.78, 5) is -0.0698. The van der Waals surface area contributed by atoms with Gasteiger partial charge in [-0.1, -0.05) is 18.3 Å². The molecular weight excluding hydrogens is 253 g/mol. The van der Waals surface area contributed by atoms with E-state index in [0.717, 1.165) is 6.07 Å². The second-order valence-electron chi connectivity index (χ2n) is 3.30. The smallest absolute Gasteiger partial charge is 0.143 e. The molecule has 0 atom stereocenters. The minimum Gasteiger partial charge on any atom is -0.511 e. The Kier molecular flexibility index (Phi) is 4.36. The summed E-state index contributed by atoms with van der Waals surface area (Å²) in [7, 11) is 0. The summed E-state index contributed by atoms with van der Waals surface area (Å²) < 4.78 is 13.3. The van der Waals surface area contributed by atoms with Crippen LogP contribution in [0.3, 0.4) is 0 Å². The summed E-state index contributed by atoms with van der Waals surface area (Å²) >= 11 is 4.90. The Morgan fingerprint density at radius 2 is 2.11 bits per heavy atom. The average molecular weight is 261 g/mol. The molecule has 2 N–H and O–H groups in total. The molecule has 90 valence electrons. The maximum atomic E-state index is 13.3. The molecule has 0 heterocycles. The van der Waals surface area contributed by atoms with Crippen molar-refractivity contribution in [1.82, 2.24) is 0 Å². The molecule has 0 saturated carbocycles. The third-order valence-electron chi connectivity index (χ3n) is 2.07. The van der Waals surface area contributed by atoms with Gasteiger partial charge in [0, 0.05) is 0 Å². The van der Waals surface area contributed by atoms with Crippen molar-refractivity contribution in [2.75, 3.05) is 5.32 Å². The maximum Gasteiger partial charge on any atom is 0.143 e. The molecule has 0 saturated heterocycles. The lowest BCUT2D eigenvalue weighted by Gasteiger charge is -2.09. The standard InChI is InChI=1S/C12H8FN3OS/c1-7(17)8(5-14)12(18)16-11-4-2-3-10(13)9(11)6-15/h2-4,17H,1H3,(H,16,18)/b8-7-. The Morgan fingerprint density at radius 1 is 1.44 bits per heavy atom. The zero-order valence-corrected chi connectivity index (χ0v) is 10.2. The molecule has 0 amide bonds. The summed E-state index contributed by atoms with van der Waals surface area (Å²) in [6.07, 6.45) is 0. The first kappa shape index (κ1) is 13.6. The van der Waals surface area contributed by atoms with E-state index in [1.54, 1.807) is 12.1 Å². The Morgan fingerprint density at radius 3 is 2.61 bits per heavy atom. The lowest BCUT2D eigenvalue weighted by molar-refractivity contribution is 0.412. The molecule has 0 aliphatic heterocycles. The largest absolute Gasteiger partial charge is 0.511 e. The molecule has 0 aromatic heterocycles. The number of thiocarbonyl (C=S) groups is 1. The molecule has 0 radical (unpaired) electrons. The molecule has 4 nitrogen and oxygen atoms in total. The number of nitriles is 2. The number of benzene rings is 1. The first-order valence-electron chi connectivity index (χ1n) is 4.81. The van der Waals surface area contributed by atoms with Crippen molar-refractivity contribution in [2.45, 2.75) is 6.92 Å². The Labute approximate surface area is 109 Å². The van der Waals surface area contributed by atoms with Crippen molar-refractivity contribution in [3.63, 3.8) is 0 Å². The number of rotatable bonds is 2. The van der Waals surface area contributed by atoms with Crippen LogP contribution in [-0.4, -0.2) is 10.1 Å². The van der Waals surface area contributed by atoms with E-state index in [1.165, 1.54) is 19.1 Å². The first-order chi connectivity index (χ1) is 8.51. The average Bonchev–Trinajstić information content (AvgIpc) is 2.29. The second kappa shape index (κ2) is 5.76. The van der Waals surface area contributed by atoms with Gasteiger partial charge in [-0.15, -0.1) is 0 Å². The predicted octanol–water partition coefficient (Wildman–Crippen LogP) is 2.79. The van der Waals surface area contributed by atoms with Gasteiger partial charge in [0.2, 0.25) is 0 Å². The Hall–Kier alpha value is -2.44. The van der Waals surface area contributed by atoms with Gasteiger partial charge in [0.05, 0.1) is 5.69 Å². The summed E-state index contributed by atoms with van der Waals surface area (Å²) in [5.41, 5.74) is -0.178. The van der Waals surface area contributed by atoms with Crippen molar-refractivity contribution in [1.29, 1.82) is 10.5 Å². The molecule has 0 aliphatic carbocycles. The molecule has 18 heavy (non-hydrogen) atoms. The summed E-state index contributed by atoms with van der Waals surface area (Å²) in [5.74, 6) is -0.932. The van der Waals surface area contributed by atoms with Crippen molar-refractivity contribution < 1.29 is 9.50 Å². The van der Waals surface area contributed by atoms with E-state index in [9.17, 15) is 9.50 Å². The third-order valence-corrected chi connectivity index (χ3v) is 2.38. The van der Waals surface area contributed by atoms with E-state index in [-0.39, 0.29) is 27.6 Å². The number of halogens is 1.